The molecular formula is C16H13IN2. The predicted octanol–water partition coefficient (Wildman–Crippen LogP) is 4.20. The lowest BCUT2D eigenvalue weighted by molar-refractivity contribution is 0.807. The Labute approximate surface area is 126 Å². The highest BCUT2D eigenvalue weighted by Crippen LogP contribution is 2.19. The monoisotopic (exact) mass is 360 g/mol. The molecule has 0 fully saturated rings. The van der Waals surface area contributed by atoms with Crippen molar-refractivity contribution < 1.29 is 0 Å². The Hall–Kier alpha value is -1.62. The molecule has 0 saturated heterocycles. The van der Waals surface area contributed by atoms with Crippen LogP contribution in [-0.4, -0.2) is 9.55 Å². The molecule has 0 N–H and O–H groups in total. The fourth-order valence-corrected chi connectivity index (χ4v) is 2.44. The van der Waals surface area contributed by atoms with Gasteiger partial charge in [-0.15, -0.1) is 0 Å². The van der Waals surface area contributed by atoms with Crippen LogP contribution in [0, 0.1) is 3.57 Å². The number of aromatic nitrogens is 2. The molecular weight excluding hydrogens is 347 g/mol. The van der Waals surface area contributed by atoms with E-state index in [0.29, 0.717) is 0 Å². The highest BCUT2D eigenvalue weighted by molar-refractivity contribution is 14.1. The lowest BCUT2D eigenvalue weighted by atomic mass is 10.2. The van der Waals surface area contributed by atoms with E-state index < -0.39 is 0 Å². The van der Waals surface area contributed by atoms with E-state index in [0.717, 1.165) is 17.9 Å². The first kappa shape index (κ1) is 12.4. The molecule has 0 amide bonds. The zero-order chi connectivity index (χ0) is 13.1. The molecule has 3 heteroatoms. The van der Waals surface area contributed by atoms with E-state index in [-0.39, 0.29) is 0 Å². The summed E-state index contributed by atoms with van der Waals surface area (Å²) in [6.45, 7) is 0.849. The summed E-state index contributed by atoms with van der Waals surface area (Å²) >= 11 is 2.31. The second kappa shape index (κ2) is 5.57. The third-order valence-corrected chi connectivity index (χ3v) is 3.73. The molecule has 94 valence electrons. The van der Waals surface area contributed by atoms with Crippen molar-refractivity contribution in [3.05, 3.63) is 76.1 Å². The molecule has 1 aromatic heterocycles. The lowest BCUT2D eigenvalue weighted by Crippen LogP contribution is -2.00. The Bertz CT molecular complexity index is 657. The largest absolute Gasteiger partial charge is 0.327 e. The van der Waals surface area contributed by atoms with Crippen LogP contribution in [0.1, 0.15) is 5.56 Å². The maximum absolute atomic E-state index is 4.47. The summed E-state index contributed by atoms with van der Waals surface area (Å²) < 4.78 is 3.42. The SMILES string of the molecule is Ic1ccc(-c2nccn2Cc2ccccc2)cc1. The number of rotatable bonds is 3. The van der Waals surface area contributed by atoms with E-state index in [1.54, 1.807) is 0 Å². The van der Waals surface area contributed by atoms with Crippen LogP contribution >= 0.6 is 22.6 Å². The normalized spacial score (nSPS) is 10.6. The van der Waals surface area contributed by atoms with Crippen LogP contribution < -0.4 is 0 Å². The van der Waals surface area contributed by atoms with Crippen molar-refractivity contribution in [1.82, 2.24) is 9.55 Å². The summed E-state index contributed by atoms with van der Waals surface area (Å²) in [6.07, 6.45) is 3.89. The van der Waals surface area contributed by atoms with Gasteiger partial charge < -0.3 is 4.57 Å². The van der Waals surface area contributed by atoms with E-state index in [2.05, 4.69) is 80.7 Å². The fraction of sp³-hybridized carbons (Fsp3) is 0.0625. The number of hydrogen-bond acceptors (Lipinski definition) is 1. The zero-order valence-electron chi connectivity index (χ0n) is 10.3. The van der Waals surface area contributed by atoms with Crippen molar-refractivity contribution in [2.75, 3.05) is 0 Å². The Kier molecular flexibility index (Phi) is 3.64. The van der Waals surface area contributed by atoms with Crippen LogP contribution in [0.2, 0.25) is 0 Å². The Morgan fingerprint density at radius 3 is 2.42 bits per heavy atom. The number of imidazole rings is 1. The molecule has 0 unspecified atom stereocenters. The van der Waals surface area contributed by atoms with Gasteiger partial charge in [-0.25, -0.2) is 4.98 Å². The summed E-state index contributed by atoms with van der Waals surface area (Å²) in [4.78, 5) is 4.47. The Balaban J connectivity index is 1.92. The average Bonchev–Trinajstić information content (AvgIpc) is 2.89. The van der Waals surface area contributed by atoms with Gasteiger partial charge in [0.25, 0.3) is 0 Å². The molecule has 0 atom stereocenters. The summed E-state index contributed by atoms with van der Waals surface area (Å²) in [5, 5.41) is 0. The standard InChI is InChI=1S/C16H13IN2/c17-15-8-6-14(7-9-15)16-18-10-11-19(16)12-13-4-2-1-3-5-13/h1-11H,12H2. The Morgan fingerprint density at radius 2 is 1.68 bits per heavy atom. The van der Waals surface area contributed by atoms with Gasteiger partial charge in [-0.3, -0.25) is 0 Å². The summed E-state index contributed by atoms with van der Waals surface area (Å²) in [6, 6.07) is 18.9. The van der Waals surface area contributed by atoms with Gasteiger partial charge in [0, 0.05) is 28.1 Å². The molecule has 1 heterocycles. The quantitative estimate of drug-likeness (QED) is 0.640. The Morgan fingerprint density at radius 1 is 0.947 bits per heavy atom. The minimum Gasteiger partial charge on any atom is -0.327 e. The summed E-state index contributed by atoms with van der Waals surface area (Å²) in [7, 11) is 0. The van der Waals surface area contributed by atoms with Gasteiger partial charge in [-0.2, -0.15) is 0 Å². The minimum atomic E-state index is 0.849. The number of hydrogen-bond donors (Lipinski definition) is 0. The predicted molar refractivity (Wildman–Crippen MR) is 85.9 cm³/mol. The van der Waals surface area contributed by atoms with Gasteiger partial charge in [-0.1, -0.05) is 42.5 Å². The highest BCUT2D eigenvalue weighted by Gasteiger charge is 2.06. The van der Waals surface area contributed by atoms with Crippen molar-refractivity contribution in [3.8, 4) is 11.4 Å². The van der Waals surface area contributed by atoms with Gasteiger partial charge in [0.2, 0.25) is 0 Å². The van der Waals surface area contributed by atoms with Crippen LogP contribution in [0.15, 0.2) is 67.0 Å². The van der Waals surface area contributed by atoms with Gasteiger partial charge in [0.1, 0.15) is 5.82 Å². The fourth-order valence-electron chi connectivity index (χ4n) is 2.08. The summed E-state index contributed by atoms with van der Waals surface area (Å²) in [5.74, 6) is 1.01. The van der Waals surface area contributed by atoms with Crippen molar-refractivity contribution in [2.45, 2.75) is 6.54 Å². The molecule has 0 saturated carbocycles. The van der Waals surface area contributed by atoms with Crippen LogP contribution in [0.4, 0.5) is 0 Å². The molecule has 0 aliphatic rings. The van der Waals surface area contributed by atoms with Gasteiger partial charge in [0.15, 0.2) is 0 Å². The van der Waals surface area contributed by atoms with Gasteiger partial charge in [-0.05, 0) is 40.3 Å². The van der Waals surface area contributed by atoms with Crippen LogP contribution in [0.5, 0.6) is 0 Å². The molecule has 3 aromatic rings. The second-order valence-corrected chi connectivity index (χ2v) is 5.62. The first-order valence-electron chi connectivity index (χ1n) is 6.14. The molecule has 0 spiro atoms. The first-order chi connectivity index (χ1) is 9.33. The number of halogens is 1. The molecule has 19 heavy (non-hydrogen) atoms. The van der Waals surface area contributed by atoms with Gasteiger partial charge in [0.05, 0.1) is 0 Å². The van der Waals surface area contributed by atoms with E-state index in [4.69, 9.17) is 0 Å². The molecule has 0 aliphatic carbocycles. The average molecular weight is 360 g/mol. The maximum Gasteiger partial charge on any atom is 0.140 e. The van der Waals surface area contributed by atoms with E-state index in [1.165, 1.54) is 9.13 Å². The molecule has 2 nitrogen and oxygen atoms in total. The molecule has 0 radical (unpaired) electrons. The highest BCUT2D eigenvalue weighted by atomic mass is 127. The first-order valence-corrected chi connectivity index (χ1v) is 7.22. The van der Waals surface area contributed by atoms with Gasteiger partial charge >= 0.3 is 0 Å². The topological polar surface area (TPSA) is 17.8 Å². The number of benzene rings is 2. The van der Waals surface area contributed by atoms with Crippen LogP contribution in [0.3, 0.4) is 0 Å². The molecule has 0 aliphatic heterocycles. The zero-order valence-corrected chi connectivity index (χ0v) is 12.5. The molecule has 0 bridgehead atoms. The minimum absolute atomic E-state index is 0.849. The van der Waals surface area contributed by atoms with Crippen molar-refractivity contribution in [3.63, 3.8) is 0 Å². The van der Waals surface area contributed by atoms with Crippen molar-refractivity contribution in [2.24, 2.45) is 0 Å². The lowest BCUT2D eigenvalue weighted by Gasteiger charge is -2.08. The number of nitrogens with zero attached hydrogens (tertiary/aromatic N) is 2. The third-order valence-electron chi connectivity index (χ3n) is 3.01. The third kappa shape index (κ3) is 2.87. The van der Waals surface area contributed by atoms with Crippen LogP contribution in [0.25, 0.3) is 11.4 Å². The summed E-state index contributed by atoms with van der Waals surface area (Å²) in [5.41, 5.74) is 2.44. The second-order valence-electron chi connectivity index (χ2n) is 4.37. The maximum atomic E-state index is 4.47. The smallest absolute Gasteiger partial charge is 0.140 e. The van der Waals surface area contributed by atoms with E-state index >= 15 is 0 Å². The van der Waals surface area contributed by atoms with Crippen molar-refractivity contribution >= 4 is 22.6 Å². The van der Waals surface area contributed by atoms with E-state index in [1.807, 2.05) is 18.5 Å². The van der Waals surface area contributed by atoms with Crippen LogP contribution in [-0.2, 0) is 6.54 Å². The van der Waals surface area contributed by atoms with Crippen molar-refractivity contribution in [1.29, 1.82) is 0 Å². The molecule has 3 rings (SSSR count). The molecule has 2 aromatic carbocycles. The van der Waals surface area contributed by atoms with E-state index in [9.17, 15) is 0 Å².